The Hall–Kier alpha value is -3.21. The van der Waals surface area contributed by atoms with Gasteiger partial charge in [0.1, 0.15) is 5.69 Å². The Kier molecular flexibility index (Phi) is 18.7. The number of aryl methyl sites for hydroxylation is 1. The Morgan fingerprint density at radius 1 is 0.674 bits per heavy atom. The second kappa shape index (κ2) is 22.3. The van der Waals surface area contributed by atoms with Crippen molar-refractivity contribution in [1.82, 2.24) is 15.0 Å². The number of carbonyl (C=O) groups is 1. The maximum absolute atomic E-state index is 10.1. The van der Waals surface area contributed by atoms with Crippen molar-refractivity contribution in [2.45, 2.75) is 96.8 Å². The van der Waals surface area contributed by atoms with Crippen LogP contribution in [0, 0.1) is 6.07 Å². The van der Waals surface area contributed by atoms with Crippen molar-refractivity contribution in [2.24, 2.45) is 0 Å². The largest absolute Gasteiger partial charge is 0.477 e. The van der Waals surface area contributed by atoms with Crippen LogP contribution in [0.5, 0.6) is 0 Å². The van der Waals surface area contributed by atoms with E-state index in [9.17, 15) is 4.79 Å². The minimum absolute atomic E-state index is 0. The molecule has 231 valence electrons. The minimum atomic E-state index is -0.990. The van der Waals surface area contributed by atoms with E-state index >= 15 is 0 Å². The van der Waals surface area contributed by atoms with Crippen molar-refractivity contribution in [3.63, 3.8) is 0 Å². The molecule has 1 N–H and O–H groups in total. The van der Waals surface area contributed by atoms with E-state index in [1.807, 2.05) is 24.5 Å². The molecule has 2 aromatic carbocycles. The van der Waals surface area contributed by atoms with E-state index in [0.717, 1.165) is 17.8 Å². The van der Waals surface area contributed by atoms with E-state index in [0.29, 0.717) is 0 Å². The molecule has 2 aromatic heterocycles. The van der Waals surface area contributed by atoms with E-state index in [-0.39, 0.29) is 25.8 Å². The summed E-state index contributed by atoms with van der Waals surface area (Å²) in [4.78, 5) is 22.9. The van der Waals surface area contributed by atoms with Crippen molar-refractivity contribution in [1.29, 1.82) is 0 Å². The first-order valence-electron chi connectivity index (χ1n) is 15.7. The van der Waals surface area contributed by atoms with Gasteiger partial charge in [-0.3, -0.25) is 9.97 Å². The summed E-state index contributed by atoms with van der Waals surface area (Å²) in [6.45, 7) is 2.29. The van der Waals surface area contributed by atoms with Crippen LogP contribution in [-0.2, 0) is 26.5 Å². The quantitative estimate of drug-likeness (QED) is 0.0858. The number of carboxylic acids is 1. The number of carboxylic acid groups (broad SMARTS) is 1. The predicted octanol–water partition coefficient (Wildman–Crippen LogP) is 10.0. The zero-order valence-corrected chi connectivity index (χ0v) is 27.9. The first kappa shape index (κ1) is 36.0. The van der Waals surface area contributed by atoms with Gasteiger partial charge in [0.25, 0.3) is 0 Å². The molecule has 0 spiro atoms. The summed E-state index contributed by atoms with van der Waals surface area (Å²) in [6.07, 6.45) is 24.6. The molecule has 0 aliphatic heterocycles. The Bertz CT molecular complexity index is 1250. The van der Waals surface area contributed by atoms with Crippen LogP contribution in [0.4, 0.5) is 0 Å². The molecule has 0 bridgehead atoms. The maximum Gasteiger partial charge on any atom is 0.354 e. The van der Waals surface area contributed by atoms with Gasteiger partial charge in [-0.15, -0.1) is 29.8 Å². The number of hydrogen-bond donors (Lipinski definition) is 1. The van der Waals surface area contributed by atoms with E-state index in [2.05, 4.69) is 64.3 Å². The van der Waals surface area contributed by atoms with Gasteiger partial charge >= 0.3 is 5.97 Å². The third kappa shape index (κ3) is 14.7. The normalized spacial score (nSPS) is 10.3. The topological polar surface area (TPSA) is 76.0 Å². The first-order chi connectivity index (χ1) is 20.7. The molecular formula is C37H46IrN3O2-. The second-order valence-corrected chi connectivity index (χ2v) is 10.8. The number of nitrogens with zero attached hydrogens (tertiary/aromatic N) is 3. The summed E-state index contributed by atoms with van der Waals surface area (Å²) in [6, 6.07) is 24.7. The number of aromatic nitrogens is 3. The maximum atomic E-state index is 10.1. The molecule has 6 heteroatoms. The molecule has 0 atom stereocenters. The minimum Gasteiger partial charge on any atom is -0.477 e. The average molecular weight is 757 g/mol. The zero-order valence-electron chi connectivity index (χ0n) is 25.5. The fourth-order valence-electron chi connectivity index (χ4n) is 4.83. The van der Waals surface area contributed by atoms with E-state index in [1.54, 1.807) is 12.1 Å². The zero-order chi connectivity index (χ0) is 29.7. The SMILES string of the molecule is CCCCCCCCCCCCCCCc1cnc(-c2[c-]cc(-c3ccccc3)cc2)nc1.O=C(O)c1ccccn1.[Ir]. The number of pyridine rings is 1. The van der Waals surface area contributed by atoms with Crippen LogP contribution < -0.4 is 0 Å². The van der Waals surface area contributed by atoms with Crippen molar-refractivity contribution in [3.8, 4) is 22.5 Å². The standard InChI is InChI=1S/C31H41N2.C6H5NO2.Ir/c1-2-3-4-5-6-7-8-9-10-11-12-13-15-18-27-25-32-31(33-26-27)30-23-21-29(22-24-30)28-19-16-14-17-20-28;8-6(9)5-3-1-2-4-7-5;/h14,16-17,19-23,25-26H,2-13,15,18H2,1H3;1-4H,(H,8,9);/q-1;;. The van der Waals surface area contributed by atoms with Gasteiger partial charge < -0.3 is 5.11 Å². The van der Waals surface area contributed by atoms with Gasteiger partial charge in [0.2, 0.25) is 0 Å². The summed E-state index contributed by atoms with van der Waals surface area (Å²) in [7, 11) is 0. The van der Waals surface area contributed by atoms with Crippen LogP contribution in [0.3, 0.4) is 0 Å². The third-order valence-electron chi connectivity index (χ3n) is 7.32. The summed E-state index contributed by atoms with van der Waals surface area (Å²) in [5.41, 5.74) is 4.63. The van der Waals surface area contributed by atoms with Crippen molar-refractivity contribution >= 4 is 5.97 Å². The molecule has 4 aromatic rings. The Balaban J connectivity index is 0.000000552. The van der Waals surface area contributed by atoms with E-state index < -0.39 is 5.97 Å². The Morgan fingerprint density at radius 2 is 1.26 bits per heavy atom. The number of hydrogen-bond acceptors (Lipinski definition) is 4. The second-order valence-electron chi connectivity index (χ2n) is 10.8. The van der Waals surface area contributed by atoms with Gasteiger partial charge in [0, 0.05) is 38.7 Å². The van der Waals surface area contributed by atoms with Crippen molar-refractivity contribution in [3.05, 3.63) is 103 Å². The molecule has 1 radical (unpaired) electrons. The fraction of sp³-hybridized carbons (Fsp3) is 0.405. The fourth-order valence-corrected chi connectivity index (χ4v) is 4.83. The number of rotatable bonds is 17. The summed E-state index contributed by atoms with van der Waals surface area (Å²) in [5, 5.41) is 8.32. The summed E-state index contributed by atoms with van der Waals surface area (Å²) >= 11 is 0. The number of aromatic carboxylic acids is 1. The molecular weight excluding hydrogens is 711 g/mol. The van der Waals surface area contributed by atoms with Crippen molar-refractivity contribution < 1.29 is 30.0 Å². The van der Waals surface area contributed by atoms with E-state index in [4.69, 9.17) is 5.11 Å². The number of unbranched alkanes of at least 4 members (excludes halogenated alkanes) is 12. The molecule has 5 nitrogen and oxygen atoms in total. The Morgan fingerprint density at radius 3 is 1.74 bits per heavy atom. The predicted molar refractivity (Wildman–Crippen MR) is 172 cm³/mol. The summed E-state index contributed by atoms with van der Waals surface area (Å²) in [5.74, 6) is -0.237. The van der Waals surface area contributed by atoms with Crippen LogP contribution in [0.25, 0.3) is 22.5 Å². The van der Waals surface area contributed by atoms with Gasteiger partial charge in [0.05, 0.1) is 5.82 Å². The van der Waals surface area contributed by atoms with Crippen LogP contribution >= 0.6 is 0 Å². The van der Waals surface area contributed by atoms with Gasteiger partial charge in [-0.2, -0.15) is 0 Å². The molecule has 0 aliphatic rings. The van der Waals surface area contributed by atoms with Gasteiger partial charge in [-0.05, 0) is 30.5 Å². The van der Waals surface area contributed by atoms with Gasteiger partial charge in [-0.25, -0.2) is 9.78 Å². The monoisotopic (exact) mass is 757 g/mol. The number of benzene rings is 2. The summed E-state index contributed by atoms with van der Waals surface area (Å²) < 4.78 is 0. The molecule has 0 aliphatic carbocycles. The first-order valence-corrected chi connectivity index (χ1v) is 15.7. The Labute approximate surface area is 272 Å². The molecule has 0 saturated heterocycles. The van der Waals surface area contributed by atoms with E-state index in [1.165, 1.54) is 112 Å². The van der Waals surface area contributed by atoms with Crippen molar-refractivity contribution in [2.75, 3.05) is 0 Å². The molecule has 4 rings (SSSR count). The molecule has 43 heavy (non-hydrogen) atoms. The smallest absolute Gasteiger partial charge is 0.354 e. The van der Waals surface area contributed by atoms with Gasteiger partial charge in [-0.1, -0.05) is 131 Å². The van der Waals surface area contributed by atoms with Crippen LogP contribution in [0.1, 0.15) is 106 Å². The molecule has 2 heterocycles. The van der Waals surface area contributed by atoms with Crippen LogP contribution in [0.15, 0.2) is 85.3 Å². The molecule has 0 unspecified atom stereocenters. The van der Waals surface area contributed by atoms with Crippen LogP contribution in [-0.4, -0.2) is 26.0 Å². The molecule has 0 saturated carbocycles. The molecule has 0 amide bonds. The average Bonchev–Trinajstić information content (AvgIpc) is 3.05. The van der Waals surface area contributed by atoms with Crippen LogP contribution in [0.2, 0.25) is 0 Å². The van der Waals surface area contributed by atoms with Gasteiger partial charge in [0.15, 0.2) is 0 Å². The molecule has 0 fully saturated rings. The third-order valence-corrected chi connectivity index (χ3v) is 7.32.